The van der Waals surface area contributed by atoms with E-state index >= 15 is 0 Å². The largest absolute Gasteiger partial charge is 0.325 e. The summed E-state index contributed by atoms with van der Waals surface area (Å²) in [6.45, 7) is 0.993. The van der Waals surface area contributed by atoms with Gasteiger partial charge in [-0.2, -0.15) is 13.9 Å². The lowest BCUT2D eigenvalue weighted by atomic mass is 10.2. The number of alkyl halides is 2. The highest BCUT2D eigenvalue weighted by atomic mass is 19.3. The lowest BCUT2D eigenvalue weighted by Gasteiger charge is -2.03. The van der Waals surface area contributed by atoms with Crippen molar-refractivity contribution in [1.82, 2.24) is 10.2 Å². The molecule has 3 nitrogen and oxygen atoms in total. The normalized spacial score (nSPS) is 12.0. The van der Waals surface area contributed by atoms with Crippen LogP contribution < -0.4 is 5.73 Å². The van der Waals surface area contributed by atoms with Gasteiger partial charge in [0.05, 0.1) is 0 Å². The van der Waals surface area contributed by atoms with E-state index in [2.05, 4.69) is 10.2 Å². The van der Waals surface area contributed by atoms with Crippen LogP contribution in [0.3, 0.4) is 0 Å². The smallest absolute Gasteiger partial charge is 0.288 e. The second-order valence-electron chi connectivity index (χ2n) is 2.37. The zero-order valence-corrected chi connectivity index (χ0v) is 6.06. The Bertz CT molecular complexity index is 238. The Morgan fingerprint density at radius 3 is 2.64 bits per heavy atom. The molecule has 1 aromatic heterocycles. The maximum Gasteiger partial charge on any atom is 0.288 e. The molecule has 62 valence electrons. The van der Waals surface area contributed by atoms with Crippen molar-refractivity contribution in [2.75, 3.05) is 0 Å². The molecule has 3 N–H and O–H groups in total. The van der Waals surface area contributed by atoms with Crippen LogP contribution in [0.2, 0.25) is 0 Å². The summed E-state index contributed by atoms with van der Waals surface area (Å²) >= 11 is 0. The van der Waals surface area contributed by atoms with Crippen LogP contribution in [-0.2, 0) is 12.5 Å². The van der Waals surface area contributed by atoms with Gasteiger partial charge in [-0.15, -0.1) is 0 Å². The van der Waals surface area contributed by atoms with Gasteiger partial charge in [0.15, 0.2) is 0 Å². The molecular weight excluding hydrogens is 152 g/mol. The van der Waals surface area contributed by atoms with Crippen LogP contribution >= 0.6 is 0 Å². The SMILES string of the molecule is CC(F)(F)c1cc(CN)[nH]n1. The third-order valence-electron chi connectivity index (χ3n) is 1.30. The predicted molar refractivity (Wildman–Crippen MR) is 36.0 cm³/mol. The summed E-state index contributed by atoms with van der Waals surface area (Å²) in [5.74, 6) is -2.88. The molecule has 5 heteroatoms. The monoisotopic (exact) mass is 161 g/mol. The summed E-state index contributed by atoms with van der Waals surface area (Å²) < 4.78 is 25.0. The Hall–Kier alpha value is -0.970. The summed E-state index contributed by atoms with van der Waals surface area (Å²) in [7, 11) is 0. The van der Waals surface area contributed by atoms with Crippen molar-refractivity contribution in [1.29, 1.82) is 0 Å². The molecule has 0 fully saturated rings. The Kier molecular flexibility index (Phi) is 1.90. The first-order valence-electron chi connectivity index (χ1n) is 3.16. The van der Waals surface area contributed by atoms with Crippen molar-refractivity contribution in [3.63, 3.8) is 0 Å². The first kappa shape index (κ1) is 8.13. The minimum atomic E-state index is -2.88. The van der Waals surface area contributed by atoms with Crippen LogP contribution in [0.5, 0.6) is 0 Å². The molecule has 1 rings (SSSR count). The molecule has 0 unspecified atom stereocenters. The summed E-state index contributed by atoms with van der Waals surface area (Å²) in [5, 5.41) is 5.81. The fourth-order valence-electron chi connectivity index (χ4n) is 0.691. The Morgan fingerprint density at radius 1 is 1.73 bits per heavy atom. The molecule has 0 amide bonds. The number of nitrogens with zero attached hydrogens (tertiary/aromatic N) is 1. The third-order valence-corrected chi connectivity index (χ3v) is 1.30. The van der Waals surface area contributed by atoms with Gasteiger partial charge in [0.1, 0.15) is 5.69 Å². The van der Waals surface area contributed by atoms with Crippen LogP contribution in [0, 0.1) is 0 Å². The molecule has 0 aliphatic carbocycles. The molecule has 0 aliphatic rings. The van der Waals surface area contributed by atoms with E-state index in [1.54, 1.807) is 0 Å². The third kappa shape index (κ3) is 1.74. The molecule has 0 aromatic carbocycles. The molecule has 0 spiro atoms. The Labute approximate surface area is 62.6 Å². The van der Waals surface area contributed by atoms with Gasteiger partial charge >= 0.3 is 0 Å². The minimum Gasteiger partial charge on any atom is -0.325 e. The summed E-state index contributed by atoms with van der Waals surface area (Å²) in [5.41, 5.74) is 5.44. The molecule has 0 bridgehead atoms. The highest BCUT2D eigenvalue weighted by Crippen LogP contribution is 2.24. The fraction of sp³-hybridized carbons (Fsp3) is 0.500. The molecule has 1 aromatic rings. The quantitative estimate of drug-likeness (QED) is 0.679. The number of halogens is 2. The van der Waals surface area contributed by atoms with E-state index in [-0.39, 0.29) is 12.2 Å². The average Bonchev–Trinajstić information content (AvgIpc) is 2.32. The van der Waals surface area contributed by atoms with Gasteiger partial charge in [-0.3, -0.25) is 5.10 Å². The number of rotatable bonds is 2. The summed E-state index contributed by atoms with van der Waals surface area (Å²) in [6, 6.07) is 1.26. The number of hydrogen-bond donors (Lipinski definition) is 2. The maximum atomic E-state index is 12.5. The van der Waals surface area contributed by atoms with Crippen LogP contribution in [0.1, 0.15) is 18.3 Å². The van der Waals surface area contributed by atoms with E-state index in [1.807, 2.05) is 0 Å². The van der Waals surface area contributed by atoms with Crippen molar-refractivity contribution in [3.8, 4) is 0 Å². The maximum absolute atomic E-state index is 12.5. The van der Waals surface area contributed by atoms with Crippen LogP contribution in [0.15, 0.2) is 6.07 Å². The molecule has 1 heterocycles. The number of aromatic nitrogens is 2. The van der Waals surface area contributed by atoms with Crippen molar-refractivity contribution in [2.45, 2.75) is 19.4 Å². The molecule has 0 aliphatic heterocycles. The van der Waals surface area contributed by atoms with Gasteiger partial charge in [-0.1, -0.05) is 0 Å². The second kappa shape index (κ2) is 2.58. The van der Waals surface area contributed by atoms with Crippen molar-refractivity contribution >= 4 is 0 Å². The lowest BCUT2D eigenvalue weighted by Crippen LogP contribution is -2.07. The van der Waals surface area contributed by atoms with E-state index in [4.69, 9.17) is 5.73 Å². The van der Waals surface area contributed by atoms with Gasteiger partial charge < -0.3 is 5.73 Å². The van der Waals surface area contributed by atoms with E-state index in [0.717, 1.165) is 6.92 Å². The first-order chi connectivity index (χ1) is 5.04. The number of H-pyrrole nitrogens is 1. The summed E-state index contributed by atoms with van der Waals surface area (Å²) in [6.07, 6.45) is 0. The molecule has 0 radical (unpaired) electrons. The number of hydrogen-bond acceptors (Lipinski definition) is 2. The highest BCUT2D eigenvalue weighted by molar-refractivity contribution is 5.12. The average molecular weight is 161 g/mol. The van der Waals surface area contributed by atoms with Crippen molar-refractivity contribution in [3.05, 3.63) is 17.5 Å². The van der Waals surface area contributed by atoms with Gasteiger partial charge in [0.25, 0.3) is 5.92 Å². The van der Waals surface area contributed by atoms with Gasteiger partial charge in [0, 0.05) is 19.2 Å². The van der Waals surface area contributed by atoms with Gasteiger partial charge in [0.2, 0.25) is 0 Å². The first-order valence-corrected chi connectivity index (χ1v) is 3.16. The zero-order valence-electron chi connectivity index (χ0n) is 6.06. The van der Waals surface area contributed by atoms with E-state index in [9.17, 15) is 8.78 Å². The molecule has 0 atom stereocenters. The highest BCUT2D eigenvalue weighted by Gasteiger charge is 2.27. The molecule has 0 saturated carbocycles. The molecule has 0 saturated heterocycles. The Morgan fingerprint density at radius 2 is 2.36 bits per heavy atom. The topological polar surface area (TPSA) is 54.7 Å². The zero-order chi connectivity index (χ0) is 8.48. The standard InChI is InChI=1S/C6H9F2N3/c1-6(7,8)5-2-4(3-9)10-11-5/h2H,3,9H2,1H3,(H,10,11). The van der Waals surface area contributed by atoms with E-state index in [0.29, 0.717) is 5.69 Å². The molecular formula is C6H9F2N3. The van der Waals surface area contributed by atoms with E-state index < -0.39 is 5.92 Å². The summed E-state index contributed by atoms with van der Waals surface area (Å²) in [4.78, 5) is 0. The van der Waals surface area contributed by atoms with Gasteiger partial charge in [-0.05, 0) is 6.07 Å². The van der Waals surface area contributed by atoms with Crippen LogP contribution in [0.25, 0.3) is 0 Å². The second-order valence-corrected chi connectivity index (χ2v) is 2.37. The van der Waals surface area contributed by atoms with Crippen molar-refractivity contribution in [2.24, 2.45) is 5.73 Å². The minimum absolute atomic E-state index is 0.198. The number of nitrogens with one attached hydrogen (secondary N) is 1. The van der Waals surface area contributed by atoms with Gasteiger partial charge in [-0.25, -0.2) is 0 Å². The van der Waals surface area contributed by atoms with Crippen LogP contribution in [-0.4, -0.2) is 10.2 Å². The van der Waals surface area contributed by atoms with E-state index in [1.165, 1.54) is 6.07 Å². The fourth-order valence-corrected chi connectivity index (χ4v) is 0.691. The number of aromatic amines is 1. The van der Waals surface area contributed by atoms with Crippen LogP contribution in [0.4, 0.5) is 8.78 Å². The number of nitrogens with two attached hydrogens (primary N) is 1. The predicted octanol–water partition coefficient (Wildman–Crippen LogP) is 0.980. The lowest BCUT2D eigenvalue weighted by molar-refractivity contribution is 0.0127. The Balaban J connectivity index is 2.89. The molecule has 11 heavy (non-hydrogen) atoms. The van der Waals surface area contributed by atoms with Crippen molar-refractivity contribution < 1.29 is 8.78 Å².